The van der Waals surface area contributed by atoms with Crippen LogP contribution in [0.2, 0.25) is 5.22 Å². The summed E-state index contributed by atoms with van der Waals surface area (Å²) in [5.41, 5.74) is 0. The fourth-order valence-electron chi connectivity index (χ4n) is 1.68. The van der Waals surface area contributed by atoms with Gasteiger partial charge >= 0.3 is 0 Å². The van der Waals surface area contributed by atoms with Crippen LogP contribution in [0.5, 0.6) is 0 Å². The van der Waals surface area contributed by atoms with Crippen molar-refractivity contribution in [2.24, 2.45) is 5.92 Å². The zero-order valence-corrected chi connectivity index (χ0v) is 11.2. The number of rotatable bonds is 7. The molecule has 2 nitrogen and oxygen atoms in total. The zero-order valence-electron chi connectivity index (χ0n) is 10.4. The predicted octanol–water partition coefficient (Wildman–Crippen LogP) is 4.41. The van der Waals surface area contributed by atoms with Crippen molar-refractivity contribution in [3.63, 3.8) is 0 Å². The summed E-state index contributed by atoms with van der Waals surface area (Å²) in [6.07, 6.45) is 3.42. The molecule has 0 aliphatic rings. The molecule has 0 amide bonds. The Morgan fingerprint density at radius 3 is 2.56 bits per heavy atom. The van der Waals surface area contributed by atoms with Gasteiger partial charge in [-0.15, -0.1) is 0 Å². The minimum absolute atomic E-state index is 0.301. The molecular formula is C13H22ClNO. The van der Waals surface area contributed by atoms with E-state index in [9.17, 15) is 0 Å². The van der Waals surface area contributed by atoms with E-state index in [2.05, 4.69) is 26.1 Å². The second-order valence-corrected chi connectivity index (χ2v) is 4.99. The lowest BCUT2D eigenvalue weighted by atomic mass is 10.0. The molecule has 1 aromatic rings. The van der Waals surface area contributed by atoms with Crippen molar-refractivity contribution in [3.8, 4) is 0 Å². The third-order valence-corrected chi connectivity index (χ3v) is 2.81. The van der Waals surface area contributed by atoms with Gasteiger partial charge in [-0.2, -0.15) is 0 Å². The van der Waals surface area contributed by atoms with E-state index in [1.807, 2.05) is 12.1 Å². The van der Waals surface area contributed by atoms with E-state index in [-0.39, 0.29) is 0 Å². The fourth-order valence-corrected chi connectivity index (χ4v) is 1.83. The highest BCUT2D eigenvalue weighted by atomic mass is 35.5. The first kappa shape index (κ1) is 13.6. The summed E-state index contributed by atoms with van der Waals surface area (Å²) in [5, 5.41) is 3.98. The Morgan fingerprint density at radius 2 is 2.06 bits per heavy atom. The molecule has 92 valence electrons. The van der Waals surface area contributed by atoms with Crippen molar-refractivity contribution in [1.82, 2.24) is 5.32 Å². The highest BCUT2D eigenvalue weighted by Gasteiger charge is 2.14. The normalized spacial score (nSPS) is 13.3. The van der Waals surface area contributed by atoms with Crippen LogP contribution < -0.4 is 5.32 Å². The van der Waals surface area contributed by atoms with Crippen molar-refractivity contribution < 1.29 is 4.42 Å². The Labute approximate surface area is 103 Å². The first-order valence-electron chi connectivity index (χ1n) is 6.12. The highest BCUT2D eigenvalue weighted by Crippen LogP contribution is 2.24. The summed E-state index contributed by atoms with van der Waals surface area (Å²) >= 11 is 5.81. The summed E-state index contributed by atoms with van der Waals surface area (Å²) in [6.45, 7) is 7.67. The number of furan rings is 1. The maximum absolute atomic E-state index is 5.81. The Hall–Kier alpha value is -0.470. The van der Waals surface area contributed by atoms with Crippen LogP contribution in [-0.4, -0.2) is 6.54 Å². The molecule has 0 saturated carbocycles. The molecule has 0 aliphatic carbocycles. The SMILES string of the molecule is CCCNC(CCC(C)C)c1ccc(Cl)o1. The van der Waals surface area contributed by atoms with Crippen LogP contribution in [0.15, 0.2) is 16.5 Å². The molecule has 0 spiro atoms. The van der Waals surface area contributed by atoms with Crippen molar-refractivity contribution in [3.05, 3.63) is 23.1 Å². The molecule has 1 unspecified atom stereocenters. The van der Waals surface area contributed by atoms with Gasteiger partial charge in [-0.05, 0) is 55.5 Å². The van der Waals surface area contributed by atoms with Gasteiger partial charge in [-0.3, -0.25) is 0 Å². The molecule has 0 bridgehead atoms. The molecule has 1 heterocycles. The monoisotopic (exact) mass is 243 g/mol. The average molecular weight is 244 g/mol. The molecule has 1 N–H and O–H groups in total. The van der Waals surface area contributed by atoms with E-state index in [4.69, 9.17) is 16.0 Å². The Morgan fingerprint density at radius 1 is 1.31 bits per heavy atom. The molecule has 1 aromatic heterocycles. The van der Waals surface area contributed by atoms with Gasteiger partial charge in [0.1, 0.15) is 5.76 Å². The van der Waals surface area contributed by atoms with Gasteiger partial charge in [-0.25, -0.2) is 0 Å². The predicted molar refractivity (Wildman–Crippen MR) is 68.8 cm³/mol. The fraction of sp³-hybridized carbons (Fsp3) is 0.692. The zero-order chi connectivity index (χ0) is 12.0. The summed E-state index contributed by atoms with van der Waals surface area (Å²) < 4.78 is 5.48. The van der Waals surface area contributed by atoms with Gasteiger partial charge in [0.2, 0.25) is 0 Å². The molecule has 1 rings (SSSR count). The highest BCUT2D eigenvalue weighted by molar-refractivity contribution is 6.28. The van der Waals surface area contributed by atoms with E-state index < -0.39 is 0 Å². The van der Waals surface area contributed by atoms with E-state index >= 15 is 0 Å². The topological polar surface area (TPSA) is 25.2 Å². The van der Waals surface area contributed by atoms with E-state index in [0.29, 0.717) is 11.3 Å². The summed E-state index contributed by atoms with van der Waals surface area (Å²) in [5.74, 6) is 1.68. The van der Waals surface area contributed by atoms with Gasteiger partial charge < -0.3 is 9.73 Å². The third-order valence-electron chi connectivity index (χ3n) is 2.61. The molecule has 0 aliphatic heterocycles. The van der Waals surface area contributed by atoms with Crippen LogP contribution in [0.1, 0.15) is 51.8 Å². The van der Waals surface area contributed by atoms with Crippen LogP contribution in [0.3, 0.4) is 0 Å². The van der Waals surface area contributed by atoms with Gasteiger partial charge in [0, 0.05) is 0 Å². The molecule has 0 radical (unpaired) electrons. The number of hydrogen-bond acceptors (Lipinski definition) is 2. The Kier molecular flexibility index (Phi) is 5.93. The van der Waals surface area contributed by atoms with Gasteiger partial charge in [-0.1, -0.05) is 20.8 Å². The molecule has 1 atom stereocenters. The summed E-state index contributed by atoms with van der Waals surface area (Å²) in [4.78, 5) is 0. The molecular weight excluding hydrogens is 222 g/mol. The van der Waals surface area contributed by atoms with Gasteiger partial charge in [0.05, 0.1) is 6.04 Å². The quantitative estimate of drug-likeness (QED) is 0.768. The Bertz CT molecular complexity index is 296. The van der Waals surface area contributed by atoms with E-state index in [1.54, 1.807) is 0 Å². The minimum Gasteiger partial charge on any atom is -0.448 e. The van der Waals surface area contributed by atoms with Crippen molar-refractivity contribution in [2.75, 3.05) is 6.54 Å². The lowest BCUT2D eigenvalue weighted by molar-refractivity contribution is 0.372. The van der Waals surface area contributed by atoms with Crippen molar-refractivity contribution in [1.29, 1.82) is 0 Å². The number of nitrogens with one attached hydrogen (secondary N) is 1. The molecule has 0 saturated heterocycles. The maximum atomic E-state index is 5.81. The van der Waals surface area contributed by atoms with Gasteiger partial charge in [0.25, 0.3) is 0 Å². The number of hydrogen-bond donors (Lipinski definition) is 1. The second kappa shape index (κ2) is 6.97. The summed E-state index contributed by atoms with van der Waals surface area (Å²) in [6, 6.07) is 4.08. The standard InChI is InChI=1S/C13H22ClNO/c1-4-9-15-11(6-5-10(2)3)12-7-8-13(14)16-12/h7-8,10-11,15H,4-6,9H2,1-3H3. The van der Waals surface area contributed by atoms with Crippen molar-refractivity contribution >= 4 is 11.6 Å². The molecule has 3 heteroatoms. The minimum atomic E-state index is 0.301. The van der Waals surface area contributed by atoms with E-state index in [0.717, 1.165) is 31.1 Å². The molecule has 0 aromatic carbocycles. The average Bonchev–Trinajstić information content (AvgIpc) is 2.64. The van der Waals surface area contributed by atoms with Crippen LogP contribution in [-0.2, 0) is 0 Å². The maximum Gasteiger partial charge on any atom is 0.193 e. The van der Waals surface area contributed by atoms with Crippen LogP contribution in [0.25, 0.3) is 0 Å². The first-order valence-corrected chi connectivity index (χ1v) is 6.50. The first-order chi connectivity index (χ1) is 7.63. The van der Waals surface area contributed by atoms with Crippen LogP contribution in [0.4, 0.5) is 0 Å². The third kappa shape index (κ3) is 4.58. The van der Waals surface area contributed by atoms with Gasteiger partial charge in [0.15, 0.2) is 5.22 Å². The van der Waals surface area contributed by atoms with E-state index in [1.165, 1.54) is 6.42 Å². The number of halogens is 1. The smallest absolute Gasteiger partial charge is 0.193 e. The van der Waals surface area contributed by atoms with Crippen LogP contribution >= 0.6 is 11.6 Å². The second-order valence-electron chi connectivity index (χ2n) is 4.62. The molecule has 0 fully saturated rings. The largest absolute Gasteiger partial charge is 0.448 e. The van der Waals surface area contributed by atoms with Crippen LogP contribution in [0, 0.1) is 5.92 Å². The Balaban J connectivity index is 2.55. The molecule has 16 heavy (non-hydrogen) atoms. The van der Waals surface area contributed by atoms with Crippen molar-refractivity contribution in [2.45, 2.75) is 46.1 Å². The lowest BCUT2D eigenvalue weighted by Gasteiger charge is -2.17. The lowest BCUT2D eigenvalue weighted by Crippen LogP contribution is -2.22. The summed E-state index contributed by atoms with van der Waals surface area (Å²) in [7, 11) is 0.